The number of carbonyl (C=O) groups is 1. The second-order valence-corrected chi connectivity index (χ2v) is 4.52. The molecule has 1 atom stereocenters. The lowest BCUT2D eigenvalue weighted by atomic mass is 10.1. The van der Waals surface area contributed by atoms with Crippen LogP contribution < -0.4 is 10.1 Å². The van der Waals surface area contributed by atoms with Crippen LogP contribution in [0, 0.1) is 23.0 Å². The van der Waals surface area contributed by atoms with E-state index >= 15 is 0 Å². The molecule has 118 valence electrons. The van der Waals surface area contributed by atoms with Gasteiger partial charge in [-0.05, 0) is 19.1 Å². The van der Waals surface area contributed by atoms with Crippen molar-refractivity contribution in [3.63, 3.8) is 0 Å². The van der Waals surface area contributed by atoms with Crippen LogP contribution in [0.2, 0.25) is 0 Å². The van der Waals surface area contributed by atoms with Gasteiger partial charge in [-0.2, -0.15) is 5.26 Å². The summed E-state index contributed by atoms with van der Waals surface area (Å²) in [4.78, 5) is 16.1. The quantitative estimate of drug-likeness (QED) is 0.920. The second kappa shape index (κ2) is 7.31. The Labute approximate surface area is 131 Å². The van der Waals surface area contributed by atoms with Gasteiger partial charge in [0.2, 0.25) is 5.88 Å². The van der Waals surface area contributed by atoms with Crippen LogP contribution in [0.5, 0.6) is 5.88 Å². The van der Waals surface area contributed by atoms with Gasteiger partial charge >= 0.3 is 0 Å². The van der Waals surface area contributed by atoms with E-state index in [1.165, 1.54) is 18.3 Å². The zero-order valence-corrected chi connectivity index (χ0v) is 12.2. The Bertz CT molecular complexity index is 759. The van der Waals surface area contributed by atoms with Crippen LogP contribution in [-0.2, 0) is 0 Å². The summed E-state index contributed by atoms with van der Waals surface area (Å²) in [6.45, 7) is 2.16. The molecule has 1 amide bonds. The number of nitrogens with zero attached hydrogens (tertiary/aromatic N) is 2. The largest absolute Gasteiger partial charge is 0.478 e. The van der Waals surface area contributed by atoms with Crippen molar-refractivity contribution in [1.29, 1.82) is 5.26 Å². The molecule has 0 fully saturated rings. The SMILES string of the molecule is CCOc1cc(C(=O)N[C@@H](C#N)c2ccc(F)cc2F)ccn1. The second-order valence-electron chi connectivity index (χ2n) is 4.52. The van der Waals surface area contributed by atoms with Gasteiger partial charge in [0.15, 0.2) is 0 Å². The van der Waals surface area contributed by atoms with Crippen molar-refractivity contribution in [1.82, 2.24) is 10.3 Å². The Morgan fingerprint density at radius 3 is 2.83 bits per heavy atom. The van der Waals surface area contributed by atoms with Crippen LogP contribution in [-0.4, -0.2) is 17.5 Å². The highest BCUT2D eigenvalue weighted by Gasteiger charge is 2.19. The Hall–Kier alpha value is -3.01. The zero-order valence-electron chi connectivity index (χ0n) is 12.2. The minimum absolute atomic E-state index is 0.110. The van der Waals surface area contributed by atoms with Crippen LogP contribution in [0.1, 0.15) is 28.9 Å². The Balaban J connectivity index is 2.20. The van der Waals surface area contributed by atoms with Crippen LogP contribution >= 0.6 is 0 Å². The van der Waals surface area contributed by atoms with Gasteiger partial charge < -0.3 is 10.1 Å². The van der Waals surface area contributed by atoms with Crippen molar-refractivity contribution in [2.75, 3.05) is 6.61 Å². The minimum Gasteiger partial charge on any atom is -0.478 e. The number of amides is 1. The first-order chi connectivity index (χ1) is 11.0. The predicted octanol–water partition coefficient (Wildman–Crippen LogP) is 2.75. The maximum Gasteiger partial charge on any atom is 0.252 e. The van der Waals surface area contributed by atoms with Gasteiger partial charge in [0.1, 0.15) is 17.7 Å². The maximum absolute atomic E-state index is 13.7. The number of nitrogens with one attached hydrogen (secondary N) is 1. The molecule has 0 bridgehead atoms. The number of ether oxygens (including phenoxy) is 1. The molecular formula is C16H13F2N3O2. The van der Waals surface area contributed by atoms with Crippen LogP contribution in [0.25, 0.3) is 0 Å². The van der Waals surface area contributed by atoms with Crippen LogP contribution in [0.15, 0.2) is 36.5 Å². The number of hydrogen-bond acceptors (Lipinski definition) is 4. The molecule has 0 aliphatic heterocycles. The van der Waals surface area contributed by atoms with E-state index in [-0.39, 0.29) is 17.0 Å². The lowest BCUT2D eigenvalue weighted by Crippen LogP contribution is -2.28. The normalized spacial score (nSPS) is 11.4. The molecule has 1 aromatic carbocycles. The van der Waals surface area contributed by atoms with Gasteiger partial charge in [-0.1, -0.05) is 6.07 Å². The number of hydrogen-bond donors (Lipinski definition) is 1. The lowest BCUT2D eigenvalue weighted by molar-refractivity contribution is 0.0944. The smallest absolute Gasteiger partial charge is 0.252 e. The number of aromatic nitrogens is 1. The van der Waals surface area contributed by atoms with E-state index < -0.39 is 23.6 Å². The average Bonchev–Trinajstić information content (AvgIpc) is 2.53. The summed E-state index contributed by atoms with van der Waals surface area (Å²) < 4.78 is 31.8. The fraction of sp³-hybridized carbons (Fsp3) is 0.188. The van der Waals surface area contributed by atoms with Crippen molar-refractivity contribution in [3.05, 3.63) is 59.3 Å². The third-order valence-electron chi connectivity index (χ3n) is 2.97. The van der Waals surface area contributed by atoms with Crippen molar-refractivity contribution in [2.45, 2.75) is 13.0 Å². The summed E-state index contributed by atoms with van der Waals surface area (Å²) in [5.74, 6) is -1.99. The molecular weight excluding hydrogens is 304 g/mol. The highest BCUT2D eigenvalue weighted by Crippen LogP contribution is 2.18. The van der Waals surface area contributed by atoms with Gasteiger partial charge in [-0.3, -0.25) is 4.79 Å². The lowest BCUT2D eigenvalue weighted by Gasteiger charge is -2.13. The molecule has 1 aromatic heterocycles. The number of nitriles is 1. The molecule has 0 unspecified atom stereocenters. The molecule has 0 radical (unpaired) electrons. The number of pyridine rings is 1. The van der Waals surface area contributed by atoms with E-state index in [1.54, 1.807) is 13.0 Å². The third-order valence-corrected chi connectivity index (χ3v) is 2.97. The van der Waals surface area contributed by atoms with Crippen LogP contribution in [0.3, 0.4) is 0 Å². The fourth-order valence-electron chi connectivity index (χ4n) is 1.91. The molecule has 0 aliphatic carbocycles. The molecule has 0 aliphatic rings. The molecule has 2 aromatic rings. The van der Waals surface area contributed by atoms with Crippen molar-refractivity contribution in [3.8, 4) is 11.9 Å². The maximum atomic E-state index is 13.7. The average molecular weight is 317 g/mol. The monoisotopic (exact) mass is 317 g/mol. The molecule has 7 heteroatoms. The van der Waals surface area contributed by atoms with Gasteiger partial charge in [0.25, 0.3) is 5.91 Å². The van der Waals surface area contributed by atoms with Gasteiger partial charge in [0.05, 0.1) is 12.7 Å². The predicted molar refractivity (Wildman–Crippen MR) is 77.6 cm³/mol. The molecule has 0 saturated carbocycles. The standard InChI is InChI=1S/C16H13F2N3O2/c1-2-23-15-7-10(5-6-20-15)16(22)21-14(9-19)12-4-3-11(17)8-13(12)18/h3-8,14H,2H2,1H3,(H,21,22)/t14-/m0/s1. The number of benzene rings is 1. The molecule has 2 rings (SSSR count). The molecule has 5 nitrogen and oxygen atoms in total. The minimum atomic E-state index is -1.24. The highest BCUT2D eigenvalue weighted by atomic mass is 19.1. The van der Waals surface area contributed by atoms with E-state index in [9.17, 15) is 13.6 Å². The Kier molecular flexibility index (Phi) is 5.20. The van der Waals surface area contributed by atoms with Gasteiger partial charge in [-0.15, -0.1) is 0 Å². The first kappa shape index (κ1) is 16.4. The summed E-state index contributed by atoms with van der Waals surface area (Å²) in [5, 5.41) is 11.5. The molecule has 1 heterocycles. The topological polar surface area (TPSA) is 75.0 Å². The Morgan fingerprint density at radius 1 is 1.39 bits per heavy atom. The van der Waals surface area contributed by atoms with E-state index in [0.29, 0.717) is 12.7 Å². The summed E-state index contributed by atoms with van der Waals surface area (Å²) in [6.07, 6.45) is 1.39. The summed E-state index contributed by atoms with van der Waals surface area (Å²) >= 11 is 0. The molecule has 23 heavy (non-hydrogen) atoms. The zero-order chi connectivity index (χ0) is 16.8. The fourth-order valence-corrected chi connectivity index (χ4v) is 1.91. The summed E-state index contributed by atoms with van der Waals surface area (Å²) in [6, 6.07) is 6.19. The number of rotatable bonds is 5. The van der Waals surface area contributed by atoms with Crippen molar-refractivity contribution >= 4 is 5.91 Å². The molecule has 1 N–H and O–H groups in total. The van der Waals surface area contributed by atoms with E-state index in [2.05, 4.69) is 10.3 Å². The van der Waals surface area contributed by atoms with E-state index in [4.69, 9.17) is 10.00 Å². The van der Waals surface area contributed by atoms with E-state index in [1.807, 2.05) is 0 Å². The molecule has 0 saturated heterocycles. The van der Waals surface area contributed by atoms with Crippen molar-refractivity contribution < 1.29 is 18.3 Å². The van der Waals surface area contributed by atoms with E-state index in [0.717, 1.165) is 12.1 Å². The van der Waals surface area contributed by atoms with Crippen LogP contribution in [0.4, 0.5) is 8.78 Å². The van der Waals surface area contributed by atoms with Gasteiger partial charge in [0, 0.05) is 29.5 Å². The summed E-state index contributed by atoms with van der Waals surface area (Å²) in [7, 11) is 0. The highest BCUT2D eigenvalue weighted by molar-refractivity contribution is 5.94. The first-order valence-electron chi connectivity index (χ1n) is 6.79. The molecule has 0 spiro atoms. The van der Waals surface area contributed by atoms with Crippen molar-refractivity contribution in [2.24, 2.45) is 0 Å². The number of halogens is 2. The summed E-state index contributed by atoms with van der Waals surface area (Å²) in [5.41, 5.74) is 0.104. The Morgan fingerprint density at radius 2 is 2.17 bits per heavy atom. The van der Waals surface area contributed by atoms with Gasteiger partial charge in [-0.25, -0.2) is 13.8 Å². The third kappa shape index (κ3) is 4.01. The number of carbonyl (C=O) groups excluding carboxylic acids is 1. The first-order valence-corrected chi connectivity index (χ1v) is 6.79.